The molecule has 0 saturated heterocycles. The summed E-state index contributed by atoms with van der Waals surface area (Å²) in [5.74, 6) is 0.00168. The fourth-order valence-electron chi connectivity index (χ4n) is 1.11. The van der Waals surface area contributed by atoms with E-state index in [9.17, 15) is 5.11 Å². The van der Waals surface area contributed by atoms with E-state index in [0.29, 0.717) is 5.56 Å². The summed E-state index contributed by atoms with van der Waals surface area (Å²) >= 11 is 5.92. The quantitative estimate of drug-likeness (QED) is 0.489. The van der Waals surface area contributed by atoms with Gasteiger partial charge >= 0.3 is 0 Å². The predicted molar refractivity (Wildman–Crippen MR) is 59.4 cm³/mol. The van der Waals surface area contributed by atoms with Gasteiger partial charge in [-0.25, -0.2) is 9.78 Å². The second-order valence-electron chi connectivity index (χ2n) is 2.97. The average Bonchev–Trinajstić information content (AvgIpc) is 2.28. The largest absolute Gasteiger partial charge is 0.506 e. The number of benzene rings is 1. The van der Waals surface area contributed by atoms with E-state index in [1.54, 1.807) is 19.1 Å². The van der Waals surface area contributed by atoms with Gasteiger partial charge in [-0.05, 0) is 6.92 Å². The molecule has 4 heteroatoms. The Morgan fingerprint density at radius 2 is 1.93 bits per heavy atom. The van der Waals surface area contributed by atoms with E-state index in [2.05, 4.69) is 4.89 Å². The number of rotatable bonds is 4. The molecule has 0 radical (unpaired) electrons. The van der Waals surface area contributed by atoms with Crippen LogP contribution in [0.4, 0.5) is 0 Å². The van der Waals surface area contributed by atoms with Crippen molar-refractivity contribution in [2.24, 2.45) is 0 Å². The van der Waals surface area contributed by atoms with Crippen LogP contribution in [0.3, 0.4) is 0 Å². The van der Waals surface area contributed by atoms with Crippen LogP contribution in [0.25, 0.3) is 5.76 Å². The summed E-state index contributed by atoms with van der Waals surface area (Å²) in [5.41, 5.74) is 0.647. The normalized spacial score (nSPS) is 14.6. The van der Waals surface area contributed by atoms with E-state index in [1.165, 1.54) is 7.11 Å². The standard InChI is InChI=1S/C11H13ClO3/c1-8(15-14-2)10(12)11(13)9-6-4-3-5-7-9/h3-8,13H,1-2H3/b11-10+. The highest BCUT2D eigenvalue weighted by molar-refractivity contribution is 6.32. The van der Waals surface area contributed by atoms with E-state index in [-0.39, 0.29) is 10.8 Å². The molecule has 0 aromatic heterocycles. The third-order valence-electron chi connectivity index (χ3n) is 1.87. The summed E-state index contributed by atoms with van der Waals surface area (Å²) in [6, 6.07) is 9.02. The lowest BCUT2D eigenvalue weighted by atomic mass is 10.1. The molecule has 0 aliphatic carbocycles. The second-order valence-corrected chi connectivity index (χ2v) is 3.37. The smallest absolute Gasteiger partial charge is 0.140 e. The molecule has 0 aliphatic rings. The van der Waals surface area contributed by atoms with Crippen molar-refractivity contribution in [1.29, 1.82) is 0 Å². The highest BCUT2D eigenvalue weighted by Gasteiger charge is 2.14. The summed E-state index contributed by atoms with van der Waals surface area (Å²) in [6.07, 6.45) is -0.503. The van der Waals surface area contributed by atoms with Crippen LogP contribution in [0.1, 0.15) is 12.5 Å². The van der Waals surface area contributed by atoms with Crippen molar-refractivity contribution in [2.75, 3.05) is 7.11 Å². The lowest BCUT2D eigenvalue weighted by molar-refractivity contribution is -0.290. The Hall–Kier alpha value is -1.03. The molecule has 0 fully saturated rings. The highest BCUT2D eigenvalue weighted by atomic mass is 35.5. The van der Waals surface area contributed by atoms with Crippen molar-refractivity contribution in [3.8, 4) is 0 Å². The molecule has 1 aromatic carbocycles. The lowest BCUT2D eigenvalue weighted by Crippen LogP contribution is -2.09. The van der Waals surface area contributed by atoms with Gasteiger partial charge in [-0.1, -0.05) is 41.9 Å². The molecular formula is C11H13ClO3. The maximum Gasteiger partial charge on any atom is 0.140 e. The van der Waals surface area contributed by atoms with E-state index in [0.717, 1.165) is 0 Å². The molecule has 1 rings (SSSR count). The first-order chi connectivity index (χ1) is 7.16. The summed E-state index contributed by atoms with van der Waals surface area (Å²) in [5, 5.41) is 10.0. The molecule has 1 atom stereocenters. The molecule has 15 heavy (non-hydrogen) atoms. The van der Waals surface area contributed by atoms with Gasteiger partial charge in [-0.3, -0.25) is 0 Å². The summed E-state index contributed by atoms with van der Waals surface area (Å²) in [4.78, 5) is 9.28. The Kier molecular flexibility index (Phi) is 4.62. The van der Waals surface area contributed by atoms with Gasteiger partial charge in [0.2, 0.25) is 0 Å². The van der Waals surface area contributed by atoms with Crippen LogP contribution >= 0.6 is 11.6 Å². The molecule has 0 heterocycles. The Bertz CT molecular complexity index is 335. The number of hydrogen-bond acceptors (Lipinski definition) is 3. The van der Waals surface area contributed by atoms with Crippen molar-refractivity contribution in [3.05, 3.63) is 40.9 Å². The lowest BCUT2D eigenvalue weighted by Gasteiger charge is -2.11. The Balaban J connectivity index is 2.90. The van der Waals surface area contributed by atoms with Crippen molar-refractivity contribution >= 4 is 17.4 Å². The van der Waals surface area contributed by atoms with Crippen LogP contribution in [0.15, 0.2) is 35.4 Å². The number of halogens is 1. The molecule has 82 valence electrons. The van der Waals surface area contributed by atoms with E-state index in [4.69, 9.17) is 16.5 Å². The van der Waals surface area contributed by atoms with Crippen molar-refractivity contribution in [3.63, 3.8) is 0 Å². The Morgan fingerprint density at radius 1 is 1.33 bits per heavy atom. The third kappa shape index (κ3) is 3.23. The van der Waals surface area contributed by atoms with Crippen LogP contribution in [-0.2, 0) is 9.78 Å². The fourth-order valence-corrected chi connectivity index (χ4v) is 1.26. The van der Waals surface area contributed by atoms with Crippen LogP contribution < -0.4 is 0 Å². The summed E-state index contributed by atoms with van der Waals surface area (Å²) in [7, 11) is 1.39. The van der Waals surface area contributed by atoms with Gasteiger partial charge in [-0.15, -0.1) is 0 Å². The molecule has 0 aliphatic heterocycles. The maximum absolute atomic E-state index is 9.80. The fraction of sp³-hybridized carbons (Fsp3) is 0.273. The average molecular weight is 229 g/mol. The predicted octanol–water partition coefficient (Wildman–Crippen LogP) is 3.12. The van der Waals surface area contributed by atoms with Gasteiger partial charge in [0.15, 0.2) is 0 Å². The Morgan fingerprint density at radius 3 is 2.47 bits per heavy atom. The summed E-state index contributed by atoms with van der Waals surface area (Å²) < 4.78 is 0. The first-order valence-corrected chi connectivity index (χ1v) is 4.88. The van der Waals surface area contributed by atoms with Crippen LogP contribution in [0.5, 0.6) is 0 Å². The van der Waals surface area contributed by atoms with Crippen LogP contribution in [0.2, 0.25) is 0 Å². The zero-order chi connectivity index (χ0) is 11.3. The van der Waals surface area contributed by atoms with Crippen LogP contribution in [-0.4, -0.2) is 18.3 Å². The van der Waals surface area contributed by atoms with Gasteiger partial charge in [-0.2, -0.15) is 0 Å². The second kappa shape index (κ2) is 5.75. The van der Waals surface area contributed by atoms with Crippen molar-refractivity contribution in [2.45, 2.75) is 13.0 Å². The zero-order valence-electron chi connectivity index (χ0n) is 8.61. The summed E-state index contributed by atoms with van der Waals surface area (Å²) in [6.45, 7) is 1.69. The minimum absolute atomic E-state index is 0.00168. The SMILES string of the molecule is COOC(C)/C(Cl)=C(\O)c1ccccc1. The maximum atomic E-state index is 9.80. The number of aliphatic hydroxyl groups is 1. The first-order valence-electron chi connectivity index (χ1n) is 4.50. The molecule has 1 unspecified atom stereocenters. The third-order valence-corrected chi connectivity index (χ3v) is 2.36. The van der Waals surface area contributed by atoms with E-state index < -0.39 is 6.10 Å². The minimum Gasteiger partial charge on any atom is -0.506 e. The molecule has 1 aromatic rings. The molecule has 0 spiro atoms. The van der Waals surface area contributed by atoms with Crippen molar-refractivity contribution < 1.29 is 14.9 Å². The van der Waals surface area contributed by atoms with Crippen molar-refractivity contribution in [1.82, 2.24) is 0 Å². The highest BCUT2D eigenvalue weighted by Crippen LogP contribution is 2.22. The molecular weight excluding hydrogens is 216 g/mol. The van der Waals surface area contributed by atoms with E-state index >= 15 is 0 Å². The Labute approximate surface area is 93.8 Å². The van der Waals surface area contributed by atoms with E-state index in [1.807, 2.05) is 18.2 Å². The monoisotopic (exact) mass is 228 g/mol. The van der Waals surface area contributed by atoms with Gasteiger partial charge in [0.1, 0.15) is 11.9 Å². The first kappa shape index (κ1) is 12.0. The molecule has 1 N–H and O–H groups in total. The topological polar surface area (TPSA) is 38.7 Å². The molecule has 0 bridgehead atoms. The van der Waals surface area contributed by atoms with Gasteiger partial charge in [0, 0.05) is 5.56 Å². The number of aliphatic hydroxyl groups excluding tert-OH is 1. The zero-order valence-corrected chi connectivity index (χ0v) is 9.36. The van der Waals surface area contributed by atoms with Gasteiger partial charge < -0.3 is 5.11 Å². The van der Waals surface area contributed by atoms with Gasteiger partial charge in [0.05, 0.1) is 12.1 Å². The minimum atomic E-state index is -0.503. The van der Waals surface area contributed by atoms with Gasteiger partial charge in [0.25, 0.3) is 0 Å². The number of hydrogen-bond donors (Lipinski definition) is 1. The molecule has 0 amide bonds. The van der Waals surface area contributed by atoms with Crippen LogP contribution in [0, 0.1) is 0 Å². The molecule has 0 saturated carbocycles. The molecule has 3 nitrogen and oxygen atoms in total.